The zero-order valence-electron chi connectivity index (χ0n) is 16.2. The Hall–Kier alpha value is -2.58. The van der Waals surface area contributed by atoms with Crippen LogP contribution in [0.3, 0.4) is 0 Å². The number of nitrogens with one attached hydrogen (secondary N) is 1. The van der Waals surface area contributed by atoms with Crippen LogP contribution in [0.25, 0.3) is 0 Å². The molecule has 3 N–H and O–H groups in total. The van der Waals surface area contributed by atoms with Crippen LogP contribution in [0.15, 0.2) is 47.4 Å². The van der Waals surface area contributed by atoms with Gasteiger partial charge in [0, 0.05) is 12.0 Å². The molecule has 7 nitrogen and oxygen atoms in total. The first-order valence-corrected chi connectivity index (χ1v) is 10.3. The molecule has 1 amide bonds. The van der Waals surface area contributed by atoms with Crippen molar-refractivity contribution in [3.05, 3.63) is 53.6 Å². The lowest BCUT2D eigenvalue weighted by molar-refractivity contribution is 0.0942. The molecule has 2 aromatic rings. The first-order valence-electron chi connectivity index (χ1n) is 8.76. The van der Waals surface area contributed by atoms with Crippen molar-refractivity contribution in [3.63, 3.8) is 0 Å². The number of carbonyl (C=O) groups is 1. The van der Waals surface area contributed by atoms with Gasteiger partial charge in [-0.2, -0.15) is 0 Å². The van der Waals surface area contributed by atoms with Gasteiger partial charge in [0.05, 0.1) is 24.7 Å². The Morgan fingerprint density at radius 2 is 1.71 bits per heavy atom. The highest BCUT2D eigenvalue weighted by atomic mass is 32.2. The minimum atomic E-state index is -3.73. The van der Waals surface area contributed by atoms with Crippen molar-refractivity contribution < 1.29 is 22.7 Å². The molecule has 1 aliphatic rings. The molecule has 0 aliphatic heterocycles. The van der Waals surface area contributed by atoms with Crippen LogP contribution in [0.4, 0.5) is 0 Å². The molecule has 1 aliphatic carbocycles. The number of methoxy groups -OCH3 is 2. The van der Waals surface area contributed by atoms with Crippen LogP contribution in [0.5, 0.6) is 11.5 Å². The van der Waals surface area contributed by atoms with Gasteiger partial charge in [-0.15, -0.1) is 0 Å². The number of rotatable bonds is 6. The largest absolute Gasteiger partial charge is 0.493 e. The number of primary sulfonamides is 1. The molecule has 0 saturated heterocycles. The van der Waals surface area contributed by atoms with Gasteiger partial charge >= 0.3 is 0 Å². The zero-order chi connectivity index (χ0) is 20.7. The summed E-state index contributed by atoms with van der Waals surface area (Å²) >= 11 is 0. The Kier molecular flexibility index (Phi) is 5.12. The number of carbonyl (C=O) groups excluding carboxylic acids is 1. The Balaban J connectivity index is 1.81. The van der Waals surface area contributed by atoms with Crippen LogP contribution < -0.4 is 19.9 Å². The summed E-state index contributed by atoms with van der Waals surface area (Å²) in [6.07, 6.45) is 0. The van der Waals surface area contributed by atoms with Crippen LogP contribution in [0, 0.1) is 5.41 Å². The van der Waals surface area contributed by atoms with E-state index in [2.05, 4.69) is 19.2 Å². The molecule has 0 bridgehead atoms. The molecule has 150 valence electrons. The fourth-order valence-corrected chi connectivity index (χ4v) is 4.19. The number of hydrogen-bond acceptors (Lipinski definition) is 5. The van der Waals surface area contributed by atoms with Gasteiger partial charge in [0.15, 0.2) is 11.5 Å². The van der Waals surface area contributed by atoms with Crippen molar-refractivity contribution in [1.82, 2.24) is 5.32 Å². The highest BCUT2D eigenvalue weighted by molar-refractivity contribution is 7.89. The van der Waals surface area contributed by atoms with Crippen molar-refractivity contribution >= 4 is 15.9 Å². The lowest BCUT2D eigenvalue weighted by atomic mass is 10.0. The molecule has 2 atom stereocenters. The monoisotopic (exact) mass is 404 g/mol. The molecule has 0 radical (unpaired) electrons. The molecule has 0 aromatic heterocycles. The number of amides is 1. The van der Waals surface area contributed by atoms with E-state index in [-0.39, 0.29) is 28.2 Å². The SMILES string of the molecule is COc1cccc(C(=O)NC2C(c3ccc(S(N)(=O)=O)cc3)C2(C)C)c1OC. The molecular formula is C20H24N2O5S. The molecule has 2 unspecified atom stereocenters. The molecule has 2 aromatic carbocycles. The Morgan fingerprint density at radius 1 is 1.07 bits per heavy atom. The molecule has 3 rings (SSSR count). The third-order valence-corrected chi connectivity index (χ3v) is 6.26. The summed E-state index contributed by atoms with van der Waals surface area (Å²) in [6, 6.07) is 11.5. The average molecular weight is 404 g/mol. The van der Waals surface area contributed by atoms with Crippen molar-refractivity contribution in [2.75, 3.05) is 14.2 Å². The predicted molar refractivity (Wildman–Crippen MR) is 105 cm³/mol. The van der Waals surface area contributed by atoms with E-state index in [0.717, 1.165) is 5.56 Å². The summed E-state index contributed by atoms with van der Waals surface area (Å²) in [5.74, 6) is 0.676. The molecule has 8 heteroatoms. The van der Waals surface area contributed by atoms with Crippen LogP contribution in [0.2, 0.25) is 0 Å². The first-order chi connectivity index (χ1) is 13.1. The topological polar surface area (TPSA) is 108 Å². The summed E-state index contributed by atoms with van der Waals surface area (Å²) in [5, 5.41) is 8.22. The molecule has 1 saturated carbocycles. The van der Waals surface area contributed by atoms with E-state index in [9.17, 15) is 13.2 Å². The maximum atomic E-state index is 12.9. The number of hydrogen-bond donors (Lipinski definition) is 2. The lowest BCUT2D eigenvalue weighted by Gasteiger charge is -2.13. The van der Waals surface area contributed by atoms with Crippen molar-refractivity contribution in [1.29, 1.82) is 0 Å². The Bertz CT molecular complexity index is 1000. The minimum absolute atomic E-state index is 0.0579. The smallest absolute Gasteiger partial charge is 0.255 e. The van der Waals surface area contributed by atoms with E-state index in [0.29, 0.717) is 17.1 Å². The second-order valence-corrected chi connectivity index (χ2v) is 8.97. The van der Waals surface area contributed by atoms with Crippen molar-refractivity contribution in [2.45, 2.75) is 30.7 Å². The summed E-state index contributed by atoms with van der Waals surface area (Å²) in [7, 11) is -0.722. The second-order valence-electron chi connectivity index (χ2n) is 7.41. The van der Waals surface area contributed by atoms with Crippen LogP contribution in [0.1, 0.15) is 35.7 Å². The van der Waals surface area contributed by atoms with Gasteiger partial charge in [-0.1, -0.05) is 32.0 Å². The van der Waals surface area contributed by atoms with Crippen molar-refractivity contribution in [3.8, 4) is 11.5 Å². The number of nitrogens with two attached hydrogens (primary N) is 1. The summed E-state index contributed by atoms with van der Waals surface area (Å²) in [6.45, 7) is 4.11. The van der Waals surface area contributed by atoms with E-state index in [1.54, 1.807) is 30.3 Å². The van der Waals surface area contributed by atoms with Gasteiger partial charge in [0.25, 0.3) is 5.91 Å². The summed E-state index contributed by atoms with van der Waals surface area (Å²) < 4.78 is 33.5. The quantitative estimate of drug-likeness (QED) is 0.768. The van der Waals surface area contributed by atoms with Crippen LogP contribution >= 0.6 is 0 Å². The standard InChI is InChI=1S/C20H24N2O5S/c1-20(2)16(12-8-10-13(11-9-12)28(21,24)25)18(20)22-19(23)14-6-5-7-15(26-3)17(14)27-4/h5-11,16,18H,1-4H3,(H,22,23)(H2,21,24,25). The zero-order valence-corrected chi connectivity index (χ0v) is 17.0. The van der Waals surface area contributed by atoms with E-state index >= 15 is 0 Å². The maximum absolute atomic E-state index is 12.9. The van der Waals surface area contributed by atoms with Crippen LogP contribution in [-0.2, 0) is 10.0 Å². The van der Waals surface area contributed by atoms with Gasteiger partial charge in [0.1, 0.15) is 0 Å². The third kappa shape index (κ3) is 3.57. The molecule has 0 spiro atoms. The molecule has 28 heavy (non-hydrogen) atoms. The van der Waals surface area contributed by atoms with E-state index < -0.39 is 10.0 Å². The summed E-state index contributed by atoms with van der Waals surface area (Å²) in [5.41, 5.74) is 1.17. The average Bonchev–Trinajstić information content (AvgIpc) is 3.19. The van der Waals surface area contributed by atoms with Gasteiger partial charge in [-0.25, -0.2) is 13.6 Å². The van der Waals surface area contributed by atoms with Gasteiger partial charge < -0.3 is 14.8 Å². The second kappa shape index (κ2) is 7.10. The van der Waals surface area contributed by atoms with E-state index in [1.165, 1.54) is 26.4 Å². The molecule has 0 heterocycles. The Labute approximate surface area is 164 Å². The number of ether oxygens (including phenoxy) is 2. The van der Waals surface area contributed by atoms with Gasteiger partial charge in [-0.3, -0.25) is 4.79 Å². The fraction of sp³-hybridized carbons (Fsp3) is 0.350. The predicted octanol–water partition coefficient (Wildman–Crippen LogP) is 2.27. The maximum Gasteiger partial charge on any atom is 0.255 e. The third-order valence-electron chi connectivity index (χ3n) is 5.33. The van der Waals surface area contributed by atoms with E-state index in [4.69, 9.17) is 14.6 Å². The fourth-order valence-electron chi connectivity index (χ4n) is 3.68. The van der Waals surface area contributed by atoms with Gasteiger partial charge in [0.2, 0.25) is 10.0 Å². The van der Waals surface area contributed by atoms with Crippen LogP contribution in [-0.4, -0.2) is 34.6 Å². The summed E-state index contributed by atoms with van der Waals surface area (Å²) in [4.78, 5) is 12.9. The highest BCUT2D eigenvalue weighted by Gasteiger charge is 2.59. The number of benzene rings is 2. The Morgan fingerprint density at radius 3 is 2.25 bits per heavy atom. The minimum Gasteiger partial charge on any atom is -0.493 e. The van der Waals surface area contributed by atoms with Gasteiger partial charge in [-0.05, 0) is 35.2 Å². The number of sulfonamides is 1. The normalized spacial score (nSPS) is 20.3. The lowest BCUT2D eigenvalue weighted by Crippen LogP contribution is -2.29. The molecular weight excluding hydrogens is 380 g/mol. The molecule has 1 fully saturated rings. The van der Waals surface area contributed by atoms with E-state index in [1.807, 2.05) is 0 Å². The van der Waals surface area contributed by atoms with Crippen molar-refractivity contribution in [2.24, 2.45) is 10.6 Å². The highest BCUT2D eigenvalue weighted by Crippen LogP contribution is 2.58. The number of para-hydroxylation sites is 1. The first kappa shape index (κ1) is 20.2.